The van der Waals surface area contributed by atoms with E-state index in [2.05, 4.69) is 4.98 Å². The summed E-state index contributed by atoms with van der Waals surface area (Å²) in [5, 5.41) is 0. The van der Waals surface area contributed by atoms with Gasteiger partial charge in [0.25, 0.3) is 0 Å². The zero-order valence-corrected chi connectivity index (χ0v) is 10.9. The van der Waals surface area contributed by atoms with Crippen LogP contribution in [0, 0.1) is 0 Å². The number of hydrogen-bond acceptors (Lipinski definition) is 4. The molecule has 0 saturated carbocycles. The molecule has 1 aromatic heterocycles. The Labute approximate surface area is 111 Å². The summed E-state index contributed by atoms with van der Waals surface area (Å²) in [6.07, 6.45) is 0. The van der Waals surface area contributed by atoms with Gasteiger partial charge in [0.1, 0.15) is 11.4 Å². The second-order valence-corrected chi connectivity index (χ2v) is 3.83. The summed E-state index contributed by atoms with van der Waals surface area (Å²) < 4.78 is 10.5. The summed E-state index contributed by atoms with van der Waals surface area (Å²) in [5.41, 5.74) is 0.948. The topological polar surface area (TPSA) is 48.4 Å². The van der Waals surface area contributed by atoms with Crippen molar-refractivity contribution in [3.05, 3.63) is 52.8 Å². The number of methoxy groups -OCH3 is 1. The van der Waals surface area contributed by atoms with Crippen molar-refractivity contribution in [1.29, 1.82) is 0 Å². The maximum absolute atomic E-state index is 11.9. The van der Waals surface area contributed by atoms with Crippen LogP contribution in [-0.4, -0.2) is 18.7 Å². The molecule has 1 aromatic carbocycles. The van der Waals surface area contributed by atoms with Crippen molar-refractivity contribution in [2.45, 2.75) is 6.92 Å². The molecule has 0 amide bonds. The van der Waals surface area contributed by atoms with E-state index in [1.807, 2.05) is 37.3 Å². The molecule has 0 radical (unpaired) electrons. The van der Waals surface area contributed by atoms with Crippen LogP contribution in [0.4, 0.5) is 0 Å². The molecule has 0 aliphatic carbocycles. The zero-order valence-electron chi connectivity index (χ0n) is 10.9. The highest BCUT2D eigenvalue weighted by Gasteiger charge is 2.09. The standard InChI is InChI=1S/C15H15NO3/c1-3-19-12-9-10-13(18-2)15(17)16-14(12)11-7-5-4-6-8-11/h4-10H,3H2,1-2H3. The summed E-state index contributed by atoms with van der Waals surface area (Å²) in [6.45, 7) is 2.39. The summed E-state index contributed by atoms with van der Waals surface area (Å²) >= 11 is 0. The molecule has 4 nitrogen and oxygen atoms in total. The van der Waals surface area contributed by atoms with E-state index >= 15 is 0 Å². The Morgan fingerprint density at radius 2 is 1.74 bits per heavy atom. The first-order chi connectivity index (χ1) is 9.26. The van der Waals surface area contributed by atoms with Gasteiger partial charge in [0, 0.05) is 5.56 Å². The molecule has 0 spiro atoms. The van der Waals surface area contributed by atoms with Crippen molar-refractivity contribution in [3.63, 3.8) is 0 Å². The molecule has 0 atom stereocenters. The Morgan fingerprint density at radius 3 is 2.37 bits per heavy atom. The van der Waals surface area contributed by atoms with Crippen LogP contribution in [0.2, 0.25) is 0 Å². The van der Waals surface area contributed by atoms with Crippen molar-refractivity contribution < 1.29 is 9.47 Å². The predicted octanol–water partition coefficient (Wildman–Crippen LogP) is 2.52. The average molecular weight is 257 g/mol. The number of nitrogens with zero attached hydrogens (tertiary/aromatic N) is 1. The fourth-order valence-corrected chi connectivity index (χ4v) is 1.74. The first-order valence-electron chi connectivity index (χ1n) is 6.03. The van der Waals surface area contributed by atoms with E-state index in [-0.39, 0.29) is 5.75 Å². The van der Waals surface area contributed by atoms with Crippen LogP contribution in [0.25, 0.3) is 11.3 Å². The maximum atomic E-state index is 11.9. The Morgan fingerprint density at radius 1 is 1.05 bits per heavy atom. The molecule has 0 fully saturated rings. The van der Waals surface area contributed by atoms with E-state index < -0.39 is 5.56 Å². The van der Waals surface area contributed by atoms with Crippen molar-refractivity contribution in [3.8, 4) is 22.8 Å². The SMILES string of the molecule is CCOc1ccc(OC)c(=O)nc1-c1ccccc1. The van der Waals surface area contributed by atoms with E-state index in [1.54, 1.807) is 12.1 Å². The molecule has 1 heterocycles. The molecule has 2 rings (SSSR count). The van der Waals surface area contributed by atoms with Gasteiger partial charge in [0.2, 0.25) is 0 Å². The predicted molar refractivity (Wildman–Crippen MR) is 73.7 cm³/mol. The minimum atomic E-state index is -0.410. The molecule has 0 saturated heterocycles. The van der Waals surface area contributed by atoms with Crippen LogP contribution in [0.5, 0.6) is 11.5 Å². The molecule has 0 unspecified atom stereocenters. The molecular weight excluding hydrogens is 242 g/mol. The van der Waals surface area contributed by atoms with Gasteiger partial charge in [-0.25, -0.2) is 4.98 Å². The second kappa shape index (κ2) is 6.00. The van der Waals surface area contributed by atoms with Gasteiger partial charge in [-0.3, -0.25) is 4.79 Å². The largest absolute Gasteiger partial charge is 0.492 e. The first kappa shape index (κ1) is 13.1. The van der Waals surface area contributed by atoms with E-state index in [0.29, 0.717) is 18.1 Å². The third-order valence-electron chi connectivity index (χ3n) is 2.61. The van der Waals surface area contributed by atoms with E-state index in [9.17, 15) is 4.79 Å². The summed E-state index contributed by atoms with van der Waals surface area (Å²) in [4.78, 5) is 16.0. The van der Waals surface area contributed by atoms with E-state index in [1.165, 1.54) is 7.11 Å². The second-order valence-electron chi connectivity index (χ2n) is 3.83. The van der Waals surface area contributed by atoms with Gasteiger partial charge in [-0.05, 0) is 19.1 Å². The molecule has 19 heavy (non-hydrogen) atoms. The lowest BCUT2D eigenvalue weighted by Crippen LogP contribution is -2.06. The maximum Gasteiger partial charge on any atom is 0.312 e. The summed E-state index contributed by atoms with van der Waals surface area (Å²) in [6, 6.07) is 12.7. The molecular formula is C15H15NO3. The third kappa shape index (κ3) is 2.91. The lowest BCUT2D eigenvalue weighted by molar-refractivity contribution is 0.341. The van der Waals surface area contributed by atoms with Gasteiger partial charge in [-0.15, -0.1) is 0 Å². The van der Waals surface area contributed by atoms with Crippen LogP contribution in [0.3, 0.4) is 0 Å². The Balaban J connectivity index is 2.67. The number of aromatic nitrogens is 1. The van der Waals surface area contributed by atoms with Gasteiger partial charge in [-0.2, -0.15) is 0 Å². The summed E-state index contributed by atoms with van der Waals surface area (Å²) in [5.74, 6) is 0.761. The van der Waals surface area contributed by atoms with Crippen molar-refractivity contribution >= 4 is 0 Å². The van der Waals surface area contributed by atoms with Crippen LogP contribution in [0.15, 0.2) is 47.3 Å². The molecule has 98 valence electrons. The minimum absolute atomic E-state index is 0.197. The number of benzene rings is 1. The highest BCUT2D eigenvalue weighted by molar-refractivity contribution is 5.65. The molecule has 2 aromatic rings. The van der Waals surface area contributed by atoms with Crippen molar-refractivity contribution in [2.75, 3.05) is 13.7 Å². The molecule has 0 N–H and O–H groups in total. The number of ether oxygens (including phenoxy) is 2. The van der Waals surface area contributed by atoms with Gasteiger partial charge in [0.05, 0.1) is 13.7 Å². The van der Waals surface area contributed by atoms with Gasteiger partial charge < -0.3 is 9.47 Å². The Kier molecular flexibility index (Phi) is 4.13. The third-order valence-corrected chi connectivity index (χ3v) is 2.61. The van der Waals surface area contributed by atoms with Gasteiger partial charge in [0.15, 0.2) is 5.75 Å². The Bertz CT molecular complexity index is 611. The van der Waals surface area contributed by atoms with Crippen LogP contribution in [0.1, 0.15) is 6.92 Å². The van der Waals surface area contributed by atoms with E-state index in [0.717, 1.165) is 5.56 Å². The lowest BCUT2D eigenvalue weighted by atomic mass is 10.1. The van der Waals surface area contributed by atoms with Crippen LogP contribution < -0.4 is 15.0 Å². The number of rotatable bonds is 4. The minimum Gasteiger partial charge on any atom is -0.492 e. The monoisotopic (exact) mass is 257 g/mol. The Hall–Kier alpha value is -2.36. The molecule has 4 heteroatoms. The number of hydrogen-bond donors (Lipinski definition) is 0. The fourth-order valence-electron chi connectivity index (χ4n) is 1.74. The van der Waals surface area contributed by atoms with Gasteiger partial charge in [-0.1, -0.05) is 30.3 Å². The first-order valence-corrected chi connectivity index (χ1v) is 6.03. The zero-order chi connectivity index (χ0) is 13.7. The molecule has 0 aliphatic rings. The molecule has 0 aliphatic heterocycles. The van der Waals surface area contributed by atoms with Crippen LogP contribution in [-0.2, 0) is 0 Å². The van der Waals surface area contributed by atoms with Crippen molar-refractivity contribution in [1.82, 2.24) is 4.98 Å². The fraction of sp³-hybridized carbons (Fsp3) is 0.200. The molecule has 0 bridgehead atoms. The van der Waals surface area contributed by atoms with Gasteiger partial charge >= 0.3 is 5.56 Å². The highest BCUT2D eigenvalue weighted by atomic mass is 16.5. The smallest absolute Gasteiger partial charge is 0.312 e. The van der Waals surface area contributed by atoms with Crippen molar-refractivity contribution in [2.24, 2.45) is 0 Å². The average Bonchev–Trinajstić information content (AvgIpc) is 2.60. The normalized spacial score (nSPS) is 10.0. The lowest BCUT2D eigenvalue weighted by Gasteiger charge is -2.05. The highest BCUT2D eigenvalue weighted by Crippen LogP contribution is 2.26. The quantitative estimate of drug-likeness (QED) is 0.844. The van der Waals surface area contributed by atoms with Crippen LogP contribution >= 0.6 is 0 Å². The summed E-state index contributed by atoms with van der Waals surface area (Å²) in [7, 11) is 1.45. The van der Waals surface area contributed by atoms with E-state index in [4.69, 9.17) is 9.47 Å².